The van der Waals surface area contributed by atoms with E-state index in [1.807, 2.05) is 109 Å². The highest BCUT2D eigenvalue weighted by molar-refractivity contribution is 5.90. The Bertz CT molecular complexity index is 2930. The van der Waals surface area contributed by atoms with Gasteiger partial charge in [-0.2, -0.15) is 0 Å². The molecule has 0 bridgehead atoms. The molecule has 0 aliphatic heterocycles. The van der Waals surface area contributed by atoms with Crippen molar-refractivity contribution in [2.75, 3.05) is 4.90 Å². The van der Waals surface area contributed by atoms with E-state index >= 15 is 0 Å². The van der Waals surface area contributed by atoms with Gasteiger partial charge in [0.1, 0.15) is 0 Å². The summed E-state index contributed by atoms with van der Waals surface area (Å²) in [7, 11) is 0. The van der Waals surface area contributed by atoms with Crippen molar-refractivity contribution in [3.05, 3.63) is 199 Å². The molecule has 1 aliphatic rings. The number of fused-ring (bicyclic) bond motifs is 4. The lowest BCUT2D eigenvalue weighted by molar-refractivity contribution is 0.662. The van der Waals surface area contributed by atoms with Gasteiger partial charge >= 0.3 is 0 Å². The fourth-order valence-corrected chi connectivity index (χ4v) is 7.35. The predicted octanol–water partition coefficient (Wildman–Crippen LogP) is 13.6. The third-order valence-electron chi connectivity index (χ3n) is 9.79. The first kappa shape index (κ1) is 22.5. The molecule has 9 rings (SSSR count). The molecule has 0 heterocycles. The van der Waals surface area contributed by atoms with Gasteiger partial charge in [-0.25, -0.2) is 0 Å². The van der Waals surface area contributed by atoms with E-state index in [2.05, 4.69) is 26.0 Å². The van der Waals surface area contributed by atoms with Crippen LogP contribution in [0.15, 0.2) is 188 Å². The zero-order valence-electron chi connectivity index (χ0n) is 35.7. The van der Waals surface area contributed by atoms with Gasteiger partial charge in [-0.05, 0) is 109 Å². The van der Waals surface area contributed by atoms with E-state index < -0.39 is 17.5 Å². The van der Waals surface area contributed by atoms with Crippen molar-refractivity contribution in [2.24, 2.45) is 0 Å². The summed E-state index contributed by atoms with van der Waals surface area (Å²) in [6, 6.07) is 41.6. The van der Waals surface area contributed by atoms with Crippen LogP contribution >= 0.6 is 0 Å². The second-order valence-corrected chi connectivity index (χ2v) is 13.2. The number of rotatable bonds is 6. The molecule has 238 valence electrons. The van der Waals surface area contributed by atoms with Crippen molar-refractivity contribution in [2.45, 2.75) is 19.3 Å². The van der Waals surface area contributed by atoms with Crippen molar-refractivity contribution in [3.8, 4) is 44.5 Å². The largest absolute Gasteiger partial charge is 0.310 e. The summed E-state index contributed by atoms with van der Waals surface area (Å²) in [5, 5.41) is 1.84. The minimum atomic E-state index is -0.487. The highest BCUT2D eigenvalue weighted by Crippen LogP contribution is 2.52. The highest BCUT2D eigenvalue weighted by Gasteiger charge is 2.37. The van der Waals surface area contributed by atoms with Crippen LogP contribution in [0, 0.1) is 0 Å². The van der Waals surface area contributed by atoms with Gasteiger partial charge in [-0.1, -0.05) is 159 Å². The number of benzene rings is 8. The molecule has 8 aromatic rings. The van der Waals surface area contributed by atoms with Crippen LogP contribution in [0.5, 0.6) is 0 Å². The quantitative estimate of drug-likeness (QED) is 0.174. The molecular weight excluding hydrogens is 603 g/mol. The number of anilines is 3. The van der Waals surface area contributed by atoms with Crippen molar-refractivity contribution in [1.82, 2.24) is 0 Å². The summed E-state index contributed by atoms with van der Waals surface area (Å²) in [6.07, 6.45) is 0. The Hall–Kier alpha value is -6.18. The molecular formula is C49H37N. The summed E-state index contributed by atoms with van der Waals surface area (Å²) in [4.78, 5) is 1.40. The lowest BCUT2D eigenvalue weighted by Gasteiger charge is -2.27. The fraction of sp³-hybridized carbons (Fsp3) is 0.0612. The SMILES string of the molecule is [2H]c1c([2H])c(-c2ccc3ccccc3c2)c([2H])c(N(c2ccc(-c3ccccc3)cc2)c2c([2H])c([2H])c(-c3cccc4c3C(C)(C)c3ccccc3-4)c([2H])c2[2H])c1[2H]. The first-order chi connectivity index (χ1) is 27.9. The zero-order valence-corrected chi connectivity index (χ0v) is 27.7. The molecule has 0 saturated heterocycles. The standard InChI is InChI=1S/C49H37N/c1-49(2)47-21-9-8-18-45(47)46-20-11-19-44(48(46)49)37-26-30-42(31-27-37)50(41-28-24-36(25-29-41)34-12-4-3-5-13-34)43-17-10-16-39(33-43)40-23-22-35-14-6-7-15-38(35)32-40/h3-33H,1-2H3/i10D,16D,17D,26D,27D,30D,31D,33D. The molecule has 50 heavy (non-hydrogen) atoms. The summed E-state index contributed by atoms with van der Waals surface area (Å²) < 4.78 is 75.6. The lowest BCUT2D eigenvalue weighted by Crippen LogP contribution is -2.16. The first-order valence-corrected chi connectivity index (χ1v) is 16.8. The van der Waals surface area contributed by atoms with Gasteiger partial charge in [0, 0.05) is 22.5 Å². The average molecular weight is 648 g/mol. The van der Waals surface area contributed by atoms with Crippen molar-refractivity contribution in [1.29, 1.82) is 0 Å². The second-order valence-electron chi connectivity index (χ2n) is 13.2. The molecule has 0 N–H and O–H groups in total. The maximum absolute atomic E-state index is 9.71. The van der Waals surface area contributed by atoms with Crippen molar-refractivity contribution < 1.29 is 11.0 Å². The molecule has 0 radical (unpaired) electrons. The van der Waals surface area contributed by atoms with Crippen molar-refractivity contribution in [3.63, 3.8) is 0 Å². The summed E-state index contributed by atoms with van der Waals surface area (Å²) in [5.41, 5.74) is 6.94. The third kappa shape index (κ3) is 5.11. The Kier molecular flexibility index (Phi) is 5.41. The number of hydrogen-bond donors (Lipinski definition) is 0. The normalized spacial score (nSPS) is 15.0. The molecule has 0 aromatic heterocycles. The van der Waals surface area contributed by atoms with E-state index in [-0.39, 0.29) is 58.8 Å². The average Bonchev–Trinajstić information content (AvgIpc) is 3.48. The third-order valence-corrected chi connectivity index (χ3v) is 9.79. The van der Waals surface area contributed by atoms with Gasteiger partial charge in [0.15, 0.2) is 0 Å². The second kappa shape index (κ2) is 12.1. The van der Waals surface area contributed by atoms with E-state index in [0.29, 0.717) is 16.8 Å². The predicted molar refractivity (Wildman–Crippen MR) is 213 cm³/mol. The first-order valence-electron chi connectivity index (χ1n) is 20.8. The van der Waals surface area contributed by atoms with Crippen LogP contribution in [0.3, 0.4) is 0 Å². The molecule has 8 aromatic carbocycles. The lowest BCUT2D eigenvalue weighted by atomic mass is 9.79. The topological polar surface area (TPSA) is 3.24 Å². The molecule has 1 nitrogen and oxygen atoms in total. The van der Waals surface area contributed by atoms with Crippen LogP contribution in [0.25, 0.3) is 55.3 Å². The van der Waals surface area contributed by atoms with E-state index in [9.17, 15) is 8.22 Å². The Labute approximate surface area is 306 Å². The maximum Gasteiger partial charge on any atom is 0.0651 e. The Morgan fingerprint density at radius 2 is 1.10 bits per heavy atom. The molecule has 0 atom stereocenters. The van der Waals surface area contributed by atoms with Crippen LogP contribution in [-0.4, -0.2) is 0 Å². The molecule has 0 saturated carbocycles. The van der Waals surface area contributed by atoms with E-state index in [4.69, 9.17) is 2.74 Å². The number of nitrogens with zero attached hydrogens (tertiary/aromatic N) is 1. The van der Waals surface area contributed by atoms with E-state index in [1.165, 1.54) is 4.90 Å². The van der Waals surface area contributed by atoms with E-state index in [0.717, 1.165) is 44.2 Å². The minimum absolute atomic E-state index is 0.123. The Morgan fingerprint density at radius 3 is 1.92 bits per heavy atom. The summed E-state index contributed by atoms with van der Waals surface area (Å²) >= 11 is 0. The van der Waals surface area contributed by atoms with Crippen LogP contribution < -0.4 is 4.90 Å². The van der Waals surface area contributed by atoms with Gasteiger partial charge in [0.05, 0.1) is 11.0 Å². The molecule has 0 spiro atoms. The van der Waals surface area contributed by atoms with Crippen LogP contribution in [0.2, 0.25) is 0 Å². The molecule has 1 heteroatoms. The van der Waals surface area contributed by atoms with Gasteiger partial charge in [0.25, 0.3) is 0 Å². The summed E-state index contributed by atoms with van der Waals surface area (Å²) in [5.74, 6) is 0. The maximum atomic E-state index is 9.71. The Balaban J connectivity index is 1.31. The van der Waals surface area contributed by atoms with Gasteiger partial charge in [-0.3, -0.25) is 0 Å². The van der Waals surface area contributed by atoms with Gasteiger partial charge in [-0.15, -0.1) is 0 Å². The summed E-state index contributed by atoms with van der Waals surface area (Å²) in [6.45, 7) is 4.22. The molecule has 1 aliphatic carbocycles. The smallest absolute Gasteiger partial charge is 0.0651 e. The molecule has 0 amide bonds. The van der Waals surface area contributed by atoms with Gasteiger partial charge in [0.2, 0.25) is 0 Å². The Morgan fingerprint density at radius 1 is 0.440 bits per heavy atom. The molecule has 0 fully saturated rings. The van der Waals surface area contributed by atoms with Gasteiger partial charge < -0.3 is 4.90 Å². The highest BCUT2D eigenvalue weighted by atomic mass is 15.1. The fourth-order valence-electron chi connectivity index (χ4n) is 7.35. The monoisotopic (exact) mass is 647 g/mol. The van der Waals surface area contributed by atoms with Crippen LogP contribution in [0.4, 0.5) is 17.1 Å². The molecule has 0 unspecified atom stereocenters. The zero-order chi connectivity index (χ0) is 40.6. The van der Waals surface area contributed by atoms with Crippen LogP contribution in [-0.2, 0) is 5.41 Å². The number of hydrogen-bond acceptors (Lipinski definition) is 1. The minimum Gasteiger partial charge on any atom is -0.310 e. The van der Waals surface area contributed by atoms with Crippen LogP contribution in [0.1, 0.15) is 35.9 Å². The van der Waals surface area contributed by atoms with Crippen molar-refractivity contribution >= 4 is 27.8 Å². The van der Waals surface area contributed by atoms with E-state index in [1.54, 1.807) is 18.2 Å².